The molecule has 9 heteroatoms. The zero-order valence-corrected chi connectivity index (χ0v) is 21.3. The molecule has 5 rings (SSSR count). The fourth-order valence-corrected chi connectivity index (χ4v) is 5.68. The molecular formula is C27H28FN3O4S. The molecule has 1 N–H and O–H groups in total. The Morgan fingerprint density at radius 1 is 1.25 bits per heavy atom. The molecule has 7 nitrogen and oxygen atoms in total. The van der Waals surface area contributed by atoms with Crippen molar-refractivity contribution < 1.29 is 19.1 Å². The van der Waals surface area contributed by atoms with Gasteiger partial charge in [-0.3, -0.25) is 14.4 Å². The molecule has 0 saturated heterocycles. The summed E-state index contributed by atoms with van der Waals surface area (Å²) in [6.07, 6.45) is 6.09. The molecule has 1 saturated carbocycles. The number of amides is 1. The van der Waals surface area contributed by atoms with Crippen LogP contribution in [0.3, 0.4) is 0 Å². The van der Waals surface area contributed by atoms with Crippen molar-refractivity contribution in [1.82, 2.24) is 14.5 Å². The van der Waals surface area contributed by atoms with Gasteiger partial charge in [-0.15, -0.1) is 11.3 Å². The molecule has 0 bridgehead atoms. The number of benzene rings is 1. The minimum atomic E-state index is -1.12. The number of hydrogen-bond donors (Lipinski definition) is 1. The van der Waals surface area contributed by atoms with Gasteiger partial charge in [0.2, 0.25) is 5.43 Å². The lowest BCUT2D eigenvalue weighted by molar-refractivity contribution is -0.128. The summed E-state index contributed by atoms with van der Waals surface area (Å²) in [6.45, 7) is 5.64. The van der Waals surface area contributed by atoms with Crippen LogP contribution in [0.15, 0.2) is 41.5 Å². The summed E-state index contributed by atoms with van der Waals surface area (Å²) in [5, 5.41) is 11.4. The summed E-state index contributed by atoms with van der Waals surface area (Å²) < 4.78 is 14.7. The predicted octanol–water partition coefficient (Wildman–Crippen LogP) is 4.36. The van der Waals surface area contributed by atoms with Gasteiger partial charge in [-0.1, -0.05) is 12.1 Å². The van der Waals surface area contributed by atoms with Crippen molar-refractivity contribution in [3.63, 3.8) is 0 Å². The Kier molecular flexibility index (Phi) is 6.06. The van der Waals surface area contributed by atoms with E-state index < -0.39 is 22.6 Å². The van der Waals surface area contributed by atoms with E-state index in [9.17, 15) is 23.9 Å². The second-order valence-electron chi connectivity index (χ2n) is 10.2. The van der Waals surface area contributed by atoms with Gasteiger partial charge >= 0.3 is 0 Å². The Morgan fingerprint density at radius 2 is 1.94 bits per heavy atom. The standard InChI is InChI=1S/C27H28FN3O4S/c1-15(2)30-14-27(3,21(32)11-17-4-5-17)31-13-20(23(33)24(34)22(31)26(30)35)25-29-12-19(36-25)10-16-6-8-18(28)9-7-16/h6-9,12-13,15,17,34H,4-5,10-11,14H2,1-3H3/t27-/m0/s1. The number of halogens is 1. The lowest BCUT2D eigenvalue weighted by Gasteiger charge is -2.44. The normalized spacial score (nSPS) is 19.6. The summed E-state index contributed by atoms with van der Waals surface area (Å²) in [7, 11) is 0. The number of ketones is 1. The van der Waals surface area contributed by atoms with Gasteiger partial charge in [0.1, 0.15) is 16.4 Å². The molecule has 3 aromatic rings. The number of thiazole rings is 1. The monoisotopic (exact) mass is 509 g/mol. The fraction of sp³-hybridized carbons (Fsp3) is 0.407. The molecule has 1 aromatic carbocycles. The van der Waals surface area contributed by atoms with Crippen molar-refractivity contribution in [2.75, 3.05) is 6.54 Å². The van der Waals surface area contributed by atoms with Crippen LogP contribution in [0.1, 0.15) is 61.0 Å². The minimum absolute atomic E-state index is 0.0189. The van der Waals surface area contributed by atoms with Gasteiger partial charge in [0.15, 0.2) is 17.2 Å². The molecule has 1 aliphatic heterocycles. The number of aromatic nitrogens is 2. The van der Waals surface area contributed by atoms with Crippen molar-refractivity contribution in [2.24, 2.45) is 5.92 Å². The van der Waals surface area contributed by atoms with Crippen molar-refractivity contribution in [2.45, 2.75) is 58.0 Å². The molecule has 0 unspecified atom stereocenters. The summed E-state index contributed by atoms with van der Waals surface area (Å²) >= 11 is 1.28. The SMILES string of the molecule is CC(C)N1C[C@@](C)(C(=O)CC2CC2)n2cc(-c3ncc(Cc4ccc(F)cc4)s3)c(=O)c(O)c2C1=O. The number of Topliss-reactive ketones (excluding diaryl/α,β-unsaturated/α-hetero) is 1. The maximum atomic E-state index is 13.5. The predicted molar refractivity (Wildman–Crippen MR) is 135 cm³/mol. The Hall–Kier alpha value is -3.33. The topological polar surface area (TPSA) is 92.5 Å². The van der Waals surface area contributed by atoms with Gasteiger partial charge < -0.3 is 14.6 Å². The Balaban J connectivity index is 1.59. The molecule has 0 radical (unpaired) electrons. The molecule has 0 spiro atoms. The first-order valence-electron chi connectivity index (χ1n) is 12.1. The number of carbonyl (C=O) groups is 2. The Morgan fingerprint density at radius 3 is 2.58 bits per heavy atom. The van der Waals surface area contributed by atoms with Crippen LogP contribution in [-0.2, 0) is 16.8 Å². The van der Waals surface area contributed by atoms with Crippen LogP contribution in [0, 0.1) is 11.7 Å². The van der Waals surface area contributed by atoms with Gasteiger partial charge in [-0.05, 0) is 57.2 Å². The molecule has 2 aliphatic rings. The van der Waals surface area contributed by atoms with E-state index in [0.717, 1.165) is 23.3 Å². The molecular weight excluding hydrogens is 481 g/mol. The third-order valence-electron chi connectivity index (χ3n) is 7.13. The highest BCUT2D eigenvalue weighted by atomic mass is 32.1. The summed E-state index contributed by atoms with van der Waals surface area (Å²) in [5.41, 5.74) is -0.931. The molecule has 2 aromatic heterocycles. The third-order valence-corrected chi connectivity index (χ3v) is 8.16. The molecule has 1 aliphatic carbocycles. The smallest absolute Gasteiger partial charge is 0.274 e. The number of fused-ring (bicyclic) bond motifs is 1. The molecule has 188 valence electrons. The third kappa shape index (κ3) is 4.25. The van der Waals surface area contributed by atoms with Gasteiger partial charge in [-0.25, -0.2) is 9.37 Å². The number of aromatic hydroxyl groups is 1. The van der Waals surface area contributed by atoms with E-state index in [2.05, 4.69) is 4.98 Å². The molecule has 1 amide bonds. The van der Waals surface area contributed by atoms with E-state index >= 15 is 0 Å². The van der Waals surface area contributed by atoms with E-state index in [1.54, 1.807) is 30.2 Å². The number of hydrogen-bond acceptors (Lipinski definition) is 6. The van der Waals surface area contributed by atoms with Crippen molar-refractivity contribution in [3.8, 4) is 16.3 Å². The molecule has 3 heterocycles. The van der Waals surface area contributed by atoms with E-state index in [-0.39, 0.29) is 35.4 Å². The average Bonchev–Trinajstić information content (AvgIpc) is 3.54. The lowest BCUT2D eigenvalue weighted by atomic mass is 9.87. The van der Waals surface area contributed by atoms with E-state index in [0.29, 0.717) is 23.8 Å². The second-order valence-corrected chi connectivity index (χ2v) is 11.4. The van der Waals surface area contributed by atoms with Gasteiger partial charge in [0.25, 0.3) is 5.91 Å². The van der Waals surface area contributed by atoms with Gasteiger partial charge in [-0.2, -0.15) is 0 Å². The Labute approximate surface area is 212 Å². The molecule has 1 atom stereocenters. The van der Waals surface area contributed by atoms with Crippen LogP contribution >= 0.6 is 11.3 Å². The number of nitrogens with zero attached hydrogens (tertiary/aromatic N) is 3. The first-order chi connectivity index (χ1) is 17.1. The van der Waals surface area contributed by atoms with Crippen molar-refractivity contribution in [3.05, 3.63) is 68.8 Å². The van der Waals surface area contributed by atoms with Crippen molar-refractivity contribution in [1.29, 1.82) is 0 Å². The second kappa shape index (κ2) is 8.96. The zero-order chi connectivity index (χ0) is 25.8. The van der Waals surface area contributed by atoms with Gasteiger partial charge in [0.05, 0.1) is 12.1 Å². The Bertz CT molecular complexity index is 1410. The summed E-state index contributed by atoms with van der Waals surface area (Å²) in [5.74, 6) is -1.12. The summed E-state index contributed by atoms with van der Waals surface area (Å²) in [6, 6.07) is 5.96. The van der Waals surface area contributed by atoms with E-state index in [1.165, 1.54) is 34.2 Å². The van der Waals surface area contributed by atoms with Crippen LogP contribution < -0.4 is 5.43 Å². The summed E-state index contributed by atoms with van der Waals surface area (Å²) in [4.78, 5) is 46.9. The molecule has 1 fully saturated rings. The van der Waals surface area contributed by atoms with E-state index in [1.807, 2.05) is 13.8 Å². The fourth-order valence-electron chi connectivity index (χ4n) is 4.72. The number of carbonyl (C=O) groups excluding carboxylic acids is 2. The maximum Gasteiger partial charge on any atom is 0.274 e. The highest BCUT2D eigenvalue weighted by Gasteiger charge is 2.47. The number of rotatable bonds is 7. The quantitative estimate of drug-likeness (QED) is 0.511. The largest absolute Gasteiger partial charge is 0.503 e. The first-order valence-corrected chi connectivity index (χ1v) is 12.9. The van der Waals surface area contributed by atoms with Crippen LogP contribution in [0.5, 0.6) is 5.75 Å². The maximum absolute atomic E-state index is 13.5. The van der Waals surface area contributed by atoms with Crippen LogP contribution in [-0.4, -0.2) is 43.8 Å². The highest BCUT2D eigenvalue weighted by Crippen LogP contribution is 2.39. The van der Waals surface area contributed by atoms with Gasteiger partial charge in [0, 0.05) is 36.2 Å². The lowest BCUT2D eigenvalue weighted by Crippen LogP contribution is -2.58. The van der Waals surface area contributed by atoms with Crippen LogP contribution in [0.4, 0.5) is 4.39 Å². The molecule has 36 heavy (non-hydrogen) atoms. The zero-order valence-electron chi connectivity index (χ0n) is 20.5. The average molecular weight is 510 g/mol. The van der Waals surface area contributed by atoms with Crippen LogP contribution in [0.2, 0.25) is 0 Å². The minimum Gasteiger partial charge on any atom is -0.503 e. The van der Waals surface area contributed by atoms with Crippen LogP contribution in [0.25, 0.3) is 10.6 Å². The number of pyridine rings is 1. The highest BCUT2D eigenvalue weighted by molar-refractivity contribution is 7.15. The first kappa shape index (κ1) is 24.4. The van der Waals surface area contributed by atoms with Crippen molar-refractivity contribution >= 4 is 23.0 Å². The van der Waals surface area contributed by atoms with E-state index in [4.69, 9.17) is 0 Å².